The summed E-state index contributed by atoms with van der Waals surface area (Å²) in [6.45, 7) is 1.54. The lowest BCUT2D eigenvalue weighted by Gasteiger charge is -2.37. The van der Waals surface area contributed by atoms with Gasteiger partial charge in [-0.15, -0.1) is 0 Å². The lowest BCUT2D eigenvalue weighted by atomic mass is 9.78. The van der Waals surface area contributed by atoms with E-state index in [0.29, 0.717) is 32.6 Å². The van der Waals surface area contributed by atoms with Gasteiger partial charge in [0.1, 0.15) is 0 Å². The van der Waals surface area contributed by atoms with Crippen molar-refractivity contribution in [2.45, 2.75) is 50.7 Å². The van der Waals surface area contributed by atoms with Crippen molar-refractivity contribution in [3.63, 3.8) is 0 Å². The molecule has 1 aliphatic carbocycles. The van der Waals surface area contributed by atoms with Gasteiger partial charge in [-0.3, -0.25) is 4.79 Å². The summed E-state index contributed by atoms with van der Waals surface area (Å²) in [5.74, 6) is -0.000694. The van der Waals surface area contributed by atoms with Crippen LogP contribution in [0.3, 0.4) is 0 Å². The van der Waals surface area contributed by atoms with Gasteiger partial charge >= 0.3 is 0 Å². The van der Waals surface area contributed by atoms with Crippen molar-refractivity contribution in [1.29, 1.82) is 0 Å². The number of aliphatic hydroxyl groups excluding tert-OH is 1. The van der Waals surface area contributed by atoms with E-state index >= 15 is 0 Å². The molecule has 0 radical (unpaired) electrons. The van der Waals surface area contributed by atoms with Gasteiger partial charge in [0, 0.05) is 19.8 Å². The van der Waals surface area contributed by atoms with Crippen molar-refractivity contribution in [2.24, 2.45) is 11.1 Å². The van der Waals surface area contributed by atoms with Crippen molar-refractivity contribution in [1.82, 2.24) is 5.32 Å². The topological polar surface area (TPSA) is 84.6 Å². The van der Waals surface area contributed by atoms with Gasteiger partial charge < -0.3 is 20.9 Å². The van der Waals surface area contributed by atoms with Crippen LogP contribution in [0, 0.1) is 5.41 Å². The van der Waals surface area contributed by atoms with E-state index in [-0.39, 0.29) is 11.9 Å². The normalized spacial score (nSPS) is 31.9. The highest BCUT2D eigenvalue weighted by Crippen LogP contribution is 2.30. The summed E-state index contributed by atoms with van der Waals surface area (Å²) in [5.41, 5.74) is 5.31. The van der Waals surface area contributed by atoms with E-state index < -0.39 is 11.5 Å². The number of nitrogens with one attached hydrogen (secondary N) is 1. The van der Waals surface area contributed by atoms with Gasteiger partial charge in [0.2, 0.25) is 5.91 Å². The van der Waals surface area contributed by atoms with Crippen LogP contribution in [0.1, 0.15) is 38.5 Å². The standard InChI is InChI=1S/C13H24N2O3/c14-9-13(5-7-18-8-6-13)12(17)15-10-3-1-2-4-11(10)16/h10-11,16H,1-9,14H2,(H,15,17)/t10-,11-/m0/s1. The summed E-state index contributed by atoms with van der Waals surface area (Å²) in [5, 5.41) is 12.9. The van der Waals surface area contributed by atoms with Crippen molar-refractivity contribution in [2.75, 3.05) is 19.8 Å². The summed E-state index contributed by atoms with van der Waals surface area (Å²) >= 11 is 0. The molecule has 0 aromatic carbocycles. The van der Waals surface area contributed by atoms with Crippen LogP contribution in [0.4, 0.5) is 0 Å². The molecule has 0 spiro atoms. The SMILES string of the molecule is NCC1(C(=O)N[C@H]2CCCC[C@@H]2O)CCOCC1. The molecule has 5 heteroatoms. The minimum Gasteiger partial charge on any atom is -0.391 e. The Labute approximate surface area is 108 Å². The predicted octanol–water partition coefficient (Wildman–Crippen LogP) is 0.162. The lowest BCUT2D eigenvalue weighted by Crippen LogP contribution is -2.54. The Bertz CT molecular complexity index is 290. The van der Waals surface area contributed by atoms with Crippen LogP contribution in [0.5, 0.6) is 0 Å². The Hall–Kier alpha value is -0.650. The third kappa shape index (κ3) is 2.84. The van der Waals surface area contributed by atoms with Crippen LogP contribution in [0.15, 0.2) is 0 Å². The number of hydrogen-bond acceptors (Lipinski definition) is 4. The van der Waals surface area contributed by atoms with Crippen LogP contribution >= 0.6 is 0 Å². The molecular formula is C13H24N2O3. The highest BCUT2D eigenvalue weighted by Gasteiger charge is 2.40. The fraction of sp³-hybridized carbons (Fsp3) is 0.923. The van der Waals surface area contributed by atoms with Crippen molar-refractivity contribution >= 4 is 5.91 Å². The Morgan fingerprint density at radius 1 is 1.33 bits per heavy atom. The first-order valence-electron chi connectivity index (χ1n) is 6.95. The highest BCUT2D eigenvalue weighted by atomic mass is 16.5. The molecule has 18 heavy (non-hydrogen) atoms. The first-order valence-corrected chi connectivity index (χ1v) is 6.95. The Kier molecular flexibility index (Phi) is 4.59. The van der Waals surface area contributed by atoms with Crippen LogP contribution in [-0.2, 0) is 9.53 Å². The molecule has 1 saturated heterocycles. The molecule has 0 unspecified atom stereocenters. The first kappa shape index (κ1) is 13.8. The first-order chi connectivity index (χ1) is 8.68. The summed E-state index contributed by atoms with van der Waals surface area (Å²) in [4.78, 5) is 12.4. The smallest absolute Gasteiger partial charge is 0.227 e. The zero-order valence-corrected chi connectivity index (χ0v) is 10.9. The third-order valence-corrected chi connectivity index (χ3v) is 4.37. The molecule has 4 N–H and O–H groups in total. The molecule has 2 aliphatic rings. The summed E-state index contributed by atoms with van der Waals surface area (Å²) in [7, 11) is 0. The Morgan fingerprint density at radius 2 is 2.00 bits per heavy atom. The summed E-state index contributed by atoms with van der Waals surface area (Å²) in [6, 6.07) is -0.0995. The van der Waals surface area contributed by atoms with Crippen molar-refractivity contribution in [3.05, 3.63) is 0 Å². The molecule has 2 fully saturated rings. The second kappa shape index (κ2) is 5.99. The Morgan fingerprint density at radius 3 is 2.61 bits per heavy atom. The highest BCUT2D eigenvalue weighted by molar-refractivity contribution is 5.83. The van der Waals surface area contributed by atoms with Gasteiger partial charge in [-0.2, -0.15) is 0 Å². The van der Waals surface area contributed by atoms with E-state index in [0.717, 1.165) is 25.7 Å². The van der Waals surface area contributed by atoms with Crippen molar-refractivity contribution < 1.29 is 14.6 Å². The van der Waals surface area contributed by atoms with E-state index in [4.69, 9.17) is 10.5 Å². The number of carbonyl (C=O) groups excluding carboxylic acids is 1. The summed E-state index contributed by atoms with van der Waals surface area (Å²) in [6.07, 6.45) is 4.71. The molecule has 1 amide bonds. The molecule has 0 aromatic heterocycles. The third-order valence-electron chi connectivity index (χ3n) is 4.37. The fourth-order valence-electron chi connectivity index (χ4n) is 2.89. The number of ether oxygens (including phenoxy) is 1. The average molecular weight is 256 g/mol. The maximum Gasteiger partial charge on any atom is 0.227 e. The molecule has 5 nitrogen and oxygen atoms in total. The van der Waals surface area contributed by atoms with E-state index in [1.165, 1.54) is 0 Å². The quantitative estimate of drug-likeness (QED) is 0.671. The van der Waals surface area contributed by atoms with E-state index in [9.17, 15) is 9.90 Å². The molecule has 2 rings (SSSR count). The molecule has 0 bridgehead atoms. The number of carbonyl (C=O) groups is 1. The molecule has 104 valence electrons. The van der Waals surface area contributed by atoms with Crippen LogP contribution in [-0.4, -0.2) is 42.9 Å². The largest absolute Gasteiger partial charge is 0.391 e. The second-order valence-corrected chi connectivity index (χ2v) is 5.53. The molecular weight excluding hydrogens is 232 g/mol. The lowest BCUT2D eigenvalue weighted by molar-refractivity contribution is -0.137. The Balaban J connectivity index is 1.96. The molecule has 0 aromatic rings. The van der Waals surface area contributed by atoms with Crippen molar-refractivity contribution in [3.8, 4) is 0 Å². The van der Waals surface area contributed by atoms with E-state index in [1.807, 2.05) is 0 Å². The number of aliphatic hydroxyl groups is 1. The maximum absolute atomic E-state index is 12.4. The van der Waals surface area contributed by atoms with Gasteiger partial charge in [0.15, 0.2) is 0 Å². The molecule has 1 saturated carbocycles. The summed E-state index contributed by atoms with van der Waals surface area (Å²) < 4.78 is 5.30. The number of rotatable bonds is 3. The average Bonchev–Trinajstić information content (AvgIpc) is 2.42. The molecule has 1 aliphatic heterocycles. The second-order valence-electron chi connectivity index (χ2n) is 5.53. The van der Waals surface area contributed by atoms with Crippen LogP contribution in [0.2, 0.25) is 0 Å². The predicted molar refractivity (Wildman–Crippen MR) is 67.9 cm³/mol. The number of nitrogens with two attached hydrogens (primary N) is 1. The molecule has 2 atom stereocenters. The van der Waals surface area contributed by atoms with Gasteiger partial charge in [0.05, 0.1) is 17.6 Å². The van der Waals surface area contributed by atoms with E-state index in [2.05, 4.69) is 5.32 Å². The zero-order valence-electron chi connectivity index (χ0n) is 10.9. The monoisotopic (exact) mass is 256 g/mol. The van der Waals surface area contributed by atoms with Gasteiger partial charge in [-0.05, 0) is 25.7 Å². The maximum atomic E-state index is 12.4. The molecule has 1 heterocycles. The van der Waals surface area contributed by atoms with Crippen LogP contribution < -0.4 is 11.1 Å². The fourth-order valence-corrected chi connectivity index (χ4v) is 2.89. The van der Waals surface area contributed by atoms with Crippen LogP contribution in [0.25, 0.3) is 0 Å². The van der Waals surface area contributed by atoms with Gasteiger partial charge in [-0.25, -0.2) is 0 Å². The minimum absolute atomic E-state index is 0.000694. The van der Waals surface area contributed by atoms with E-state index in [1.54, 1.807) is 0 Å². The number of hydrogen-bond donors (Lipinski definition) is 3. The minimum atomic E-state index is -0.491. The zero-order chi connectivity index (χ0) is 13.0. The van der Waals surface area contributed by atoms with Gasteiger partial charge in [0.25, 0.3) is 0 Å². The van der Waals surface area contributed by atoms with Gasteiger partial charge in [-0.1, -0.05) is 12.8 Å². The number of amides is 1.